The minimum absolute atomic E-state index is 0. The van der Waals surface area contributed by atoms with Crippen LogP contribution in [0.1, 0.15) is 24.1 Å². The molecule has 93 valence electrons. The van der Waals surface area contributed by atoms with Crippen molar-refractivity contribution in [1.29, 1.82) is 0 Å². The summed E-state index contributed by atoms with van der Waals surface area (Å²) >= 11 is 0. The Balaban J connectivity index is 0.00000162. The third-order valence-electron chi connectivity index (χ3n) is 2.85. The van der Waals surface area contributed by atoms with E-state index in [-0.39, 0.29) is 55.7 Å². The maximum absolute atomic E-state index is 11.0. The van der Waals surface area contributed by atoms with E-state index < -0.39 is 17.1 Å². The van der Waals surface area contributed by atoms with Crippen LogP contribution in [-0.4, -0.2) is 22.0 Å². The fourth-order valence-electron chi connectivity index (χ4n) is 2.11. The van der Waals surface area contributed by atoms with E-state index in [0.717, 1.165) is 5.56 Å². The molecule has 18 heavy (non-hydrogen) atoms. The summed E-state index contributed by atoms with van der Waals surface area (Å²) in [7, 11) is 0. The van der Waals surface area contributed by atoms with Gasteiger partial charge in [-0.05, 0) is 11.1 Å². The van der Waals surface area contributed by atoms with E-state index in [0.29, 0.717) is 12.0 Å². The van der Waals surface area contributed by atoms with Crippen LogP contribution in [0, 0.1) is 54.2 Å². The van der Waals surface area contributed by atoms with Crippen molar-refractivity contribution in [3.63, 3.8) is 0 Å². The van der Waals surface area contributed by atoms with Crippen molar-refractivity contribution in [1.82, 2.24) is 5.32 Å². The largest absolute Gasteiger partial charge is 0.390 e. The van der Waals surface area contributed by atoms with Gasteiger partial charge in [-0.3, -0.25) is 14.9 Å². The van der Waals surface area contributed by atoms with Gasteiger partial charge in [0.15, 0.2) is 0 Å². The Morgan fingerprint density at radius 3 is 2.78 bits per heavy atom. The van der Waals surface area contributed by atoms with Crippen molar-refractivity contribution < 1.29 is 58.9 Å². The normalized spacial score (nSPS) is 20.8. The molecule has 0 saturated heterocycles. The molecule has 0 saturated carbocycles. The SMILES string of the molecule is CC(=O)NC1c2cc([N+](=O)[O-])ccc2CC1O.[Ac]. The number of carbonyl (C=O) groups is 1. The fraction of sp³-hybridized carbons (Fsp3) is 0.364. The zero-order chi connectivity index (χ0) is 12.6. The molecule has 1 aliphatic rings. The van der Waals surface area contributed by atoms with Crippen LogP contribution in [0.25, 0.3) is 0 Å². The number of aliphatic hydroxyl groups is 1. The molecule has 2 N–H and O–H groups in total. The smallest absolute Gasteiger partial charge is 0.269 e. The van der Waals surface area contributed by atoms with Gasteiger partial charge in [-0.25, -0.2) is 0 Å². The Hall–Kier alpha value is -0.508. The third-order valence-corrected chi connectivity index (χ3v) is 2.85. The van der Waals surface area contributed by atoms with Crippen LogP contribution >= 0.6 is 0 Å². The minimum atomic E-state index is -0.726. The summed E-state index contributed by atoms with van der Waals surface area (Å²) in [4.78, 5) is 21.2. The van der Waals surface area contributed by atoms with Gasteiger partial charge in [0, 0.05) is 69.5 Å². The second-order valence-corrected chi connectivity index (χ2v) is 4.09. The number of aliphatic hydroxyl groups excluding tert-OH is 1. The second kappa shape index (κ2) is 6.09. The van der Waals surface area contributed by atoms with Gasteiger partial charge in [-0.1, -0.05) is 6.07 Å². The Labute approximate surface area is 139 Å². The predicted octanol–water partition coefficient (Wildman–Crippen LogP) is 0.689. The van der Waals surface area contributed by atoms with Gasteiger partial charge in [0.25, 0.3) is 5.69 Å². The molecule has 1 aromatic carbocycles. The monoisotopic (exact) mass is 463 g/mol. The first-order chi connectivity index (χ1) is 7.99. The molecule has 7 heteroatoms. The Kier molecular flexibility index (Phi) is 5.26. The maximum atomic E-state index is 11.0. The molecule has 0 aromatic heterocycles. The van der Waals surface area contributed by atoms with E-state index in [2.05, 4.69) is 5.32 Å². The van der Waals surface area contributed by atoms with Gasteiger partial charge in [-0.15, -0.1) is 0 Å². The van der Waals surface area contributed by atoms with E-state index >= 15 is 0 Å². The van der Waals surface area contributed by atoms with Crippen LogP contribution in [0.4, 0.5) is 5.69 Å². The number of fused-ring (bicyclic) bond motifs is 1. The first-order valence-corrected chi connectivity index (χ1v) is 5.21. The van der Waals surface area contributed by atoms with Crippen molar-refractivity contribution in [2.24, 2.45) is 0 Å². The first-order valence-electron chi connectivity index (χ1n) is 5.21. The average Bonchev–Trinajstić information content (AvgIpc) is 2.54. The molecule has 1 aliphatic carbocycles. The van der Waals surface area contributed by atoms with E-state index in [1.54, 1.807) is 6.07 Å². The van der Waals surface area contributed by atoms with Crippen molar-refractivity contribution in [3.05, 3.63) is 39.4 Å². The predicted molar refractivity (Wildman–Crippen MR) is 59.4 cm³/mol. The van der Waals surface area contributed by atoms with Crippen molar-refractivity contribution in [2.75, 3.05) is 0 Å². The Morgan fingerprint density at radius 2 is 2.22 bits per heavy atom. The first kappa shape index (κ1) is 15.5. The summed E-state index contributed by atoms with van der Waals surface area (Å²) < 4.78 is 0. The number of nitro benzene ring substituents is 1. The van der Waals surface area contributed by atoms with Crippen LogP contribution in [0.5, 0.6) is 0 Å². The number of hydrogen-bond donors (Lipinski definition) is 2. The standard InChI is InChI=1S/C11H12N2O4.Ac/c1-6(14)12-11-9-5-8(13(16)17)3-2-7(9)4-10(11)15;/h2-3,5,10-11,15H,4H2,1H3,(H,12,14);. The number of nitro groups is 1. The van der Waals surface area contributed by atoms with E-state index in [4.69, 9.17) is 0 Å². The summed E-state index contributed by atoms with van der Waals surface area (Å²) in [5.41, 5.74) is 1.43. The van der Waals surface area contributed by atoms with Crippen molar-refractivity contribution in [2.45, 2.75) is 25.5 Å². The average molecular weight is 463 g/mol. The van der Waals surface area contributed by atoms with Gasteiger partial charge in [0.1, 0.15) is 0 Å². The maximum Gasteiger partial charge on any atom is 0.269 e. The molecule has 0 aliphatic heterocycles. The number of amides is 1. The number of benzene rings is 1. The molecule has 1 aromatic rings. The number of rotatable bonds is 2. The molecule has 2 atom stereocenters. The zero-order valence-electron chi connectivity index (χ0n) is 9.79. The summed E-state index contributed by atoms with van der Waals surface area (Å²) in [6.07, 6.45) is -0.325. The van der Waals surface area contributed by atoms with Gasteiger partial charge >= 0.3 is 0 Å². The summed E-state index contributed by atoms with van der Waals surface area (Å²) in [5.74, 6) is -0.270. The molecule has 2 rings (SSSR count). The minimum Gasteiger partial charge on any atom is -0.390 e. The number of carbonyl (C=O) groups excluding carboxylic acids is 1. The number of nitrogens with one attached hydrogen (secondary N) is 1. The van der Waals surface area contributed by atoms with Crippen LogP contribution in [0.2, 0.25) is 0 Å². The van der Waals surface area contributed by atoms with E-state index in [1.165, 1.54) is 19.1 Å². The van der Waals surface area contributed by atoms with Gasteiger partial charge in [0.05, 0.1) is 17.1 Å². The summed E-state index contributed by atoms with van der Waals surface area (Å²) in [5, 5.41) is 23.1. The van der Waals surface area contributed by atoms with Gasteiger partial charge < -0.3 is 10.4 Å². The molecule has 0 fully saturated rings. The van der Waals surface area contributed by atoms with Gasteiger partial charge in [-0.2, -0.15) is 0 Å². The molecule has 0 spiro atoms. The van der Waals surface area contributed by atoms with Crippen LogP contribution in [0.3, 0.4) is 0 Å². The number of non-ortho nitro benzene ring substituents is 1. The second-order valence-electron chi connectivity index (χ2n) is 4.09. The van der Waals surface area contributed by atoms with Crippen LogP contribution in [-0.2, 0) is 11.2 Å². The van der Waals surface area contributed by atoms with Crippen molar-refractivity contribution >= 4 is 11.6 Å². The molecule has 0 heterocycles. The Bertz CT molecular complexity index is 492. The van der Waals surface area contributed by atoms with Crippen LogP contribution < -0.4 is 5.32 Å². The molecule has 1 amide bonds. The summed E-state index contributed by atoms with van der Waals surface area (Å²) in [6.45, 7) is 1.35. The zero-order valence-corrected chi connectivity index (χ0v) is 14.5. The quantitative estimate of drug-likeness (QED) is 0.499. The number of nitrogens with zero attached hydrogens (tertiary/aromatic N) is 1. The molecule has 0 bridgehead atoms. The molecule has 2 unspecified atom stereocenters. The third kappa shape index (κ3) is 3.08. The molecule has 6 nitrogen and oxygen atoms in total. The Morgan fingerprint density at radius 1 is 1.56 bits per heavy atom. The molecular weight excluding hydrogens is 451 g/mol. The summed E-state index contributed by atoms with van der Waals surface area (Å²) in [6, 6.07) is 3.88. The van der Waals surface area contributed by atoms with Crippen molar-refractivity contribution in [3.8, 4) is 0 Å². The topological polar surface area (TPSA) is 92.5 Å². The van der Waals surface area contributed by atoms with Gasteiger partial charge in [0.2, 0.25) is 5.91 Å². The number of hydrogen-bond acceptors (Lipinski definition) is 4. The van der Waals surface area contributed by atoms with E-state index in [9.17, 15) is 20.0 Å². The molecular formula is C11H12AcN2O4. The molecule has 1 radical (unpaired) electrons. The van der Waals surface area contributed by atoms with Crippen LogP contribution in [0.15, 0.2) is 18.2 Å². The fourth-order valence-corrected chi connectivity index (χ4v) is 2.11. The van der Waals surface area contributed by atoms with E-state index in [1.807, 2.05) is 0 Å².